The topological polar surface area (TPSA) is 55.8 Å². The van der Waals surface area contributed by atoms with Crippen LogP contribution in [0.1, 0.15) is 21.3 Å². The van der Waals surface area contributed by atoms with Crippen LogP contribution in [0.15, 0.2) is 41.8 Å². The van der Waals surface area contributed by atoms with Crippen LogP contribution in [-0.4, -0.2) is 60.6 Å². The first-order valence-electron chi connectivity index (χ1n) is 8.17. The summed E-state index contributed by atoms with van der Waals surface area (Å²) in [6, 6.07) is 11.0. The van der Waals surface area contributed by atoms with Gasteiger partial charge in [0.05, 0.1) is 11.6 Å². The number of carbonyl (C=O) groups is 1. The number of aromatic hydroxyl groups is 1. The van der Waals surface area contributed by atoms with Gasteiger partial charge in [-0.15, -0.1) is 11.3 Å². The van der Waals surface area contributed by atoms with E-state index in [1.165, 1.54) is 10.9 Å². The van der Waals surface area contributed by atoms with Gasteiger partial charge in [-0.3, -0.25) is 9.69 Å². The lowest BCUT2D eigenvalue weighted by Crippen LogP contribution is -2.48. The summed E-state index contributed by atoms with van der Waals surface area (Å²) < 4.78 is 0. The Morgan fingerprint density at radius 3 is 2.62 bits per heavy atom. The van der Waals surface area contributed by atoms with Gasteiger partial charge in [0.1, 0.15) is 5.75 Å². The molecule has 24 heavy (non-hydrogen) atoms. The first-order valence-corrected chi connectivity index (χ1v) is 9.05. The third kappa shape index (κ3) is 3.95. The molecular weight excluding hydrogens is 322 g/mol. The van der Waals surface area contributed by atoms with Gasteiger partial charge in [-0.25, -0.2) is 0 Å². The highest BCUT2D eigenvalue weighted by Gasteiger charge is 2.25. The monoisotopic (exact) mass is 345 g/mol. The maximum Gasteiger partial charge on any atom is 0.255 e. The average molecular weight is 345 g/mol. The summed E-state index contributed by atoms with van der Waals surface area (Å²) in [7, 11) is 2.14. The highest BCUT2D eigenvalue weighted by Crippen LogP contribution is 2.26. The van der Waals surface area contributed by atoms with E-state index in [4.69, 9.17) is 0 Å². The number of carbonyl (C=O) groups excluding carboxylic acids is 1. The molecule has 0 bridgehead atoms. The summed E-state index contributed by atoms with van der Waals surface area (Å²) >= 11 is 1.72. The second-order valence-corrected chi connectivity index (χ2v) is 7.08. The molecule has 2 N–H and O–H groups in total. The van der Waals surface area contributed by atoms with Crippen molar-refractivity contribution in [3.8, 4) is 5.75 Å². The quantitative estimate of drug-likeness (QED) is 0.872. The molecule has 1 aromatic heterocycles. The number of piperazine rings is 1. The van der Waals surface area contributed by atoms with Crippen molar-refractivity contribution in [3.63, 3.8) is 0 Å². The summed E-state index contributed by atoms with van der Waals surface area (Å²) in [5.74, 6) is -0.217. The van der Waals surface area contributed by atoms with Crippen molar-refractivity contribution in [1.29, 1.82) is 0 Å². The van der Waals surface area contributed by atoms with Gasteiger partial charge in [0.2, 0.25) is 0 Å². The predicted octanol–water partition coefficient (Wildman–Crippen LogP) is 2.17. The molecule has 128 valence electrons. The van der Waals surface area contributed by atoms with E-state index in [0.29, 0.717) is 12.1 Å². The summed E-state index contributed by atoms with van der Waals surface area (Å²) in [5, 5.41) is 14.9. The van der Waals surface area contributed by atoms with E-state index in [9.17, 15) is 9.90 Å². The molecule has 0 radical (unpaired) electrons. The Kier molecular flexibility index (Phi) is 5.50. The lowest BCUT2D eigenvalue weighted by Gasteiger charge is -2.37. The molecule has 6 heteroatoms. The van der Waals surface area contributed by atoms with E-state index in [1.807, 2.05) is 6.07 Å². The highest BCUT2D eigenvalue weighted by molar-refractivity contribution is 7.10. The molecule has 1 aromatic carbocycles. The third-order valence-corrected chi connectivity index (χ3v) is 5.43. The summed E-state index contributed by atoms with van der Waals surface area (Å²) in [6.07, 6.45) is 0. The summed E-state index contributed by atoms with van der Waals surface area (Å²) in [4.78, 5) is 18.4. The standard InChI is InChI=1S/C18H23N3O2S/c1-20-8-10-21(11-9-20)15(17-7-4-12-24-17)13-19-18(23)14-5-2-3-6-16(14)22/h2-7,12,15,22H,8-11,13H2,1H3,(H,19,23)/t15-/m1/s1. The van der Waals surface area contributed by atoms with Crippen LogP contribution in [0.25, 0.3) is 0 Å². The van der Waals surface area contributed by atoms with E-state index in [-0.39, 0.29) is 17.7 Å². The molecule has 1 aliphatic heterocycles. The van der Waals surface area contributed by atoms with Crippen molar-refractivity contribution in [3.05, 3.63) is 52.2 Å². The van der Waals surface area contributed by atoms with E-state index < -0.39 is 0 Å². The fourth-order valence-corrected chi connectivity index (χ4v) is 3.84. The number of thiophene rings is 1. The number of nitrogens with zero attached hydrogens (tertiary/aromatic N) is 2. The minimum atomic E-state index is -0.233. The lowest BCUT2D eigenvalue weighted by molar-refractivity contribution is 0.0888. The molecule has 0 spiro atoms. The first-order chi connectivity index (χ1) is 11.6. The van der Waals surface area contributed by atoms with Crippen molar-refractivity contribution in [2.75, 3.05) is 39.8 Å². The summed E-state index contributed by atoms with van der Waals surface area (Å²) in [6.45, 7) is 4.60. The Morgan fingerprint density at radius 2 is 1.96 bits per heavy atom. The Bertz CT molecular complexity index is 667. The number of phenolic OH excluding ortho intramolecular Hbond substituents is 1. The van der Waals surface area contributed by atoms with Gasteiger partial charge in [0.15, 0.2) is 0 Å². The van der Waals surface area contributed by atoms with E-state index in [1.54, 1.807) is 29.5 Å². The minimum absolute atomic E-state index is 0.0160. The van der Waals surface area contributed by atoms with Crippen LogP contribution in [0.2, 0.25) is 0 Å². The Morgan fingerprint density at radius 1 is 1.21 bits per heavy atom. The molecule has 1 atom stereocenters. The second kappa shape index (κ2) is 7.79. The maximum absolute atomic E-state index is 12.4. The lowest BCUT2D eigenvalue weighted by atomic mass is 10.1. The zero-order chi connectivity index (χ0) is 16.9. The van der Waals surface area contributed by atoms with Crippen LogP contribution in [0.5, 0.6) is 5.75 Å². The van der Waals surface area contributed by atoms with Crippen molar-refractivity contribution < 1.29 is 9.90 Å². The van der Waals surface area contributed by atoms with Gasteiger partial charge in [-0.1, -0.05) is 18.2 Å². The number of nitrogens with one attached hydrogen (secondary N) is 1. The van der Waals surface area contributed by atoms with Crippen LogP contribution >= 0.6 is 11.3 Å². The Hall–Kier alpha value is -1.89. The zero-order valence-corrected chi connectivity index (χ0v) is 14.6. The molecule has 2 heterocycles. The van der Waals surface area contributed by atoms with Gasteiger partial charge < -0.3 is 15.3 Å². The smallest absolute Gasteiger partial charge is 0.255 e. The fraction of sp³-hybridized carbons (Fsp3) is 0.389. The molecule has 0 unspecified atom stereocenters. The van der Waals surface area contributed by atoms with E-state index >= 15 is 0 Å². The first kappa shape index (κ1) is 17.0. The van der Waals surface area contributed by atoms with Crippen LogP contribution in [0, 0.1) is 0 Å². The number of benzene rings is 1. The minimum Gasteiger partial charge on any atom is -0.507 e. The molecule has 5 nitrogen and oxygen atoms in total. The molecule has 3 rings (SSSR count). The summed E-state index contributed by atoms with van der Waals surface area (Å²) in [5.41, 5.74) is 0.320. The Balaban J connectivity index is 1.68. The van der Waals surface area contributed by atoms with Gasteiger partial charge in [0.25, 0.3) is 5.91 Å². The average Bonchev–Trinajstić information content (AvgIpc) is 3.11. The molecule has 1 aliphatic rings. The van der Waals surface area contributed by atoms with Crippen LogP contribution < -0.4 is 5.32 Å². The zero-order valence-electron chi connectivity index (χ0n) is 13.8. The normalized spacial score (nSPS) is 17.5. The van der Waals surface area contributed by atoms with Crippen molar-refractivity contribution in [2.24, 2.45) is 0 Å². The maximum atomic E-state index is 12.4. The number of rotatable bonds is 5. The van der Waals surface area contributed by atoms with Gasteiger partial charge in [0, 0.05) is 37.6 Å². The second-order valence-electron chi connectivity index (χ2n) is 6.10. The van der Waals surface area contributed by atoms with Crippen LogP contribution in [-0.2, 0) is 0 Å². The van der Waals surface area contributed by atoms with Gasteiger partial charge in [-0.05, 0) is 30.6 Å². The number of phenols is 1. The molecule has 0 saturated carbocycles. The third-order valence-electron chi connectivity index (χ3n) is 4.45. The van der Waals surface area contributed by atoms with Gasteiger partial charge >= 0.3 is 0 Å². The predicted molar refractivity (Wildman–Crippen MR) is 96.6 cm³/mol. The Labute approximate surface area is 146 Å². The molecule has 1 saturated heterocycles. The van der Waals surface area contributed by atoms with Crippen LogP contribution in [0.3, 0.4) is 0 Å². The molecule has 0 aliphatic carbocycles. The largest absolute Gasteiger partial charge is 0.507 e. The molecule has 1 fully saturated rings. The number of hydrogen-bond donors (Lipinski definition) is 2. The van der Waals surface area contributed by atoms with Crippen molar-refractivity contribution in [1.82, 2.24) is 15.1 Å². The van der Waals surface area contributed by atoms with Crippen LogP contribution in [0.4, 0.5) is 0 Å². The van der Waals surface area contributed by atoms with Gasteiger partial charge in [-0.2, -0.15) is 0 Å². The van der Waals surface area contributed by atoms with E-state index in [2.05, 4.69) is 33.6 Å². The molecule has 1 amide bonds. The van der Waals surface area contributed by atoms with Crippen molar-refractivity contribution in [2.45, 2.75) is 6.04 Å². The molecular formula is C18H23N3O2S. The van der Waals surface area contributed by atoms with Crippen molar-refractivity contribution >= 4 is 17.2 Å². The van der Waals surface area contributed by atoms with E-state index in [0.717, 1.165) is 26.2 Å². The number of likely N-dealkylation sites (N-methyl/N-ethyl adjacent to an activating group) is 1. The highest BCUT2D eigenvalue weighted by atomic mass is 32.1. The number of para-hydroxylation sites is 1. The molecule has 2 aromatic rings. The fourth-order valence-electron chi connectivity index (χ4n) is 2.97. The number of amides is 1. The number of hydrogen-bond acceptors (Lipinski definition) is 5. The SMILES string of the molecule is CN1CCN([C@H](CNC(=O)c2ccccc2O)c2cccs2)CC1.